The van der Waals surface area contributed by atoms with Crippen LogP contribution >= 0.6 is 0 Å². The van der Waals surface area contributed by atoms with Crippen LogP contribution < -0.4 is 0 Å². The molecule has 0 bridgehead atoms. The molecule has 6 heteroatoms. The summed E-state index contributed by atoms with van der Waals surface area (Å²) in [4.78, 5) is 13.7. The number of ether oxygens (including phenoxy) is 3. The summed E-state index contributed by atoms with van der Waals surface area (Å²) in [5, 5.41) is 9.04. The van der Waals surface area contributed by atoms with Crippen LogP contribution in [0.5, 0.6) is 0 Å². The van der Waals surface area contributed by atoms with Gasteiger partial charge in [0.2, 0.25) is 0 Å². The van der Waals surface area contributed by atoms with Gasteiger partial charge in [0.25, 0.3) is 0 Å². The van der Waals surface area contributed by atoms with E-state index in [1.807, 2.05) is 20.8 Å². The van der Waals surface area contributed by atoms with E-state index in [0.717, 1.165) is 0 Å². The van der Waals surface area contributed by atoms with E-state index < -0.39 is 5.60 Å². The Hall–Kier alpha value is -1.32. The van der Waals surface area contributed by atoms with Crippen LogP contribution in [-0.2, 0) is 14.2 Å². The van der Waals surface area contributed by atoms with Gasteiger partial charge in [-0.1, -0.05) is 0 Å². The van der Waals surface area contributed by atoms with Gasteiger partial charge in [-0.05, 0) is 27.2 Å². The second kappa shape index (κ2) is 7.46. The number of likely N-dealkylation sites (tertiary alicyclic amines) is 1. The summed E-state index contributed by atoms with van der Waals surface area (Å²) < 4.78 is 15.8. The molecule has 0 aromatic rings. The largest absolute Gasteiger partial charge is 0.444 e. The number of carbonyl (C=O) groups excluding carboxylic acids is 1. The smallest absolute Gasteiger partial charge is 0.410 e. The van der Waals surface area contributed by atoms with Crippen molar-refractivity contribution in [3.05, 3.63) is 0 Å². The lowest BCUT2D eigenvalue weighted by Crippen LogP contribution is -2.42. The minimum atomic E-state index is -0.538. The number of rotatable bonds is 5. The summed E-state index contributed by atoms with van der Waals surface area (Å²) in [5.41, 5.74) is -0.538. The zero-order valence-electron chi connectivity index (χ0n) is 12.7. The Kier molecular flexibility index (Phi) is 6.24. The van der Waals surface area contributed by atoms with Gasteiger partial charge in [-0.2, -0.15) is 5.26 Å². The van der Waals surface area contributed by atoms with Crippen molar-refractivity contribution in [1.29, 1.82) is 5.26 Å². The Morgan fingerprint density at radius 1 is 1.40 bits per heavy atom. The monoisotopic (exact) mass is 284 g/mol. The summed E-state index contributed by atoms with van der Waals surface area (Å²) in [5.74, 6) is -0.154. The van der Waals surface area contributed by atoms with Crippen molar-refractivity contribution in [3.63, 3.8) is 0 Å². The molecule has 1 aliphatic heterocycles. The van der Waals surface area contributed by atoms with E-state index in [4.69, 9.17) is 19.5 Å². The van der Waals surface area contributed by atoms with Crippen molar-refractivity contribution < 1.29 is 19.0 Å². The van der Waals surface area contributed by atoms with E-state index in [1.54, 1.807) is 12.0 Å². The molecule has 0 aliphatic carbocycles. The van der Waals surface area contributed by atoms with E-state index in [1.165, 1.54) is 0 Å². The third kappa shape index (κ3) is 5.35. The molecule has 0 radical (unpaired) electrons. The lowest BCUT2D eigenvalue weighted by Gasteiger charge is -2.28. The molecule has 0 spiro atoms. The van der Waals surface area contributed by atoms with Crippen LogP contribution in [0.1, 0.15) is 27.2 Å². The molecule has 6 nitrogen and oxygen atoms in total. The van der Waals surface area contributed by atoms with Crippen LogP contribution in [0.4, 0.5) is 4.79 Å². The summed E-state index contributed by atoms with van der Waals surface area (Å²) in [6, 6.07) is 2.11. The molecular weight excluding hydrogens is 260 g/mol. The molecule has 1 saturated heterocycles. The number of amides is 1. The highest BCUT2D eigenvalue weighted by Crippen LogP contribution is 2.25. The maximum atomic E-state index is 12.1. The highest BCUT2D eigenvalue weighted by Gasteiger charge is 2.37. The topological polar surface area (TPSA) is 71.8 Å². The summed E-state index contributed by atoms with van der Waals surface area (Å²) in [7, 11) is 1.61. The molecule has 114 valence electrons. The molecule has 2 atom stereocenters. The zero-order valence-corrected chi connectivity index (χ0v) is 12.7. The van der Waals surface area contributed by atoms with Crippen LogP contribution in [0.2, 0.25) is 0 Å². The summed E-state index contributed by atoms with van der Waals surface area (Å²) >= 11 is 0. The minimum Gasteiger partial charge on any atom is -0.444 e. The van der Waals surface area contributed by atoms with E-state index in [2.05, 4.69) is 6.07 Å². The molecule has 20 heavy (non-hydrogen) atoms. The Morgan fingerprint density at radius 2 is 2.10 bits per heavy atom. The maximum Gasteiger partial charge on any atom is 0.410 e. The fourth-order valence-electron chi connectivity index (χ4n) is 2.07. The van der Waals surface area contributed by atoms with Crippen LogP contribution in [0.15, 0.2) is 0 Å². The van der Waals surface area contributed by atoms with Crippen LogP contribution in [0, 0.1) is 17.2 Å². The Morgan fingerprint density at radius 3 is 2.65 bits per heavy atom. The fraction of sp³-hybridized carbons (Fsp3) is 0.857. The van der Waals surface area contributed by atoms with Gasteiger partial charge in [0.15, 0.2) is 0 Å². The number of methoxy groups -OCH3 is 1. The predicted octanol–water partition coefficient (Wildman–Crippen LogP) is 1.80. The molecule has 0 N–H and O–H groups in total. The normalized spacial score (nSPS) is 22.6. The average Bonchev–Trinajstić information content (AvgIpc) is 2.76. The van der Waals surface area contributed by atoms with Gasteiger partial charge in [0.05, 0.1) is 37.8 Å². The molecule has 1 amide bonds. The predicted molar refractivity (Wildman–Crippen MR) is 73.1 cm³/mol. The van der Waals surface area contributed by atoms with Gasteiger partial charge in [0.1, 0.15) is 5.60 Å². The average molecular weight is 284 g/mol. The summed E-state index contributed by atoms with van der Waals surface area (Å²) in [6.45, 7) is 7.28. The highest BCUT2D eigenvalue weighted by molar-refractivity contribution is 5.69. The van der Waals surface area contributed by atoms with Gasteiger partial charge < -0.3 is 19.1 Å². The standard InChI is InChI=1S/C14H24N2O4/c1-14(2,3)20-13(17)16-9-11(8-15)7-12(16)10-19-6-5-18-4/h11-12H,5-7,9-10H2,1-4H3. The Labute approximate surface area is 120 Å². The molecular formula is C14H24N2O4. The van der Waals surface area contributed by atoms with Crippen molar-refractivity contribution in [2.24, 2.45) is 5.92 Å². The number of nitriles is 1. The third-order valence-corrected chi connectivity index (χ3v) is 2.97. The fourth-order valence-corrected chi connectivity index (χ4v) is 2.07. The second-order valence-electron chi connectivity index (χ2n) is 5.92. The number of hydrogen-bond donors (Lipinski definition) is 0. The Balaban J connectivity index is 2.56. The minimum absolute atomic E-state index is 0.105. The lowest BCUT2D eigenvalue weighted by molar-refractivity contribution is 0.00507. The van der Waals surface area contributed by atoms with Crippen molar-refractivity contribution in [2.45, 2.75) is 38.8 Å². The first-order valence-corrected chi connectivity index (χ1v) is 6.83. The van der Waals surface area contributed by atoms with E-state index in [-0.39, 0.29) is 18.1 Å². The summed E-state index contributed by atoms with van der Waals surface area (Å²) in [6.07, 6.45) is 0.249. The van der Waals surface area contributed by atoms with Crippen LogP contribution in [-0.4, -0.2) is 56.1 Å². The van der Waals surface area contributed by atoms with Gasteiger partial charge in [-0.25, -0.2) is 4.79 Å². The number of carbonyl (C=O) groups is 1. The molecule has 2 unspecified atom stereocenters. The second-order valence-corrected chi connectivity index (χ2v) is 5.92. The molecule has 1 aliphatic rings. The van der Waals surface area contributed by atoms with Gasteiger partial charge in [0, 0.05) is 13.7 Å². The molecule has 0 aromatic carbocycles. The van der Waals surface area contributed by atoms with Crippen LogP contribution in [0.25, 0.3) is 0 Å². The molecule has 0 saturated carbocycles. The van der Waals surface area contributed by atoms with E-state index in [9.17, 15) is 4.79 Å². The van der Waals surface area contributed by atoms with Gasteiger partial charge >= 0.3 is 6.09 Å². The first kappa shape index (κ1) is 16.7. The SMILES string of the molecule is COCCOCC1CC(C#N)CN1C(=O)OC(C)(C)C. The molecule has 1 heterocycles. The third-order valence-electron chi connectivity index (χ3n) is 2.97. The van der Waals surface area contributed by atoms with Gasteiger partial charge in [-0.3, -0.25) is 0 Å². The van der Waals surface area contributed by atoms with Crippen molar-refractivity contribution in [1.82, 2.24) is 4.90 Å². The van der Waals surface area contributed by atoms with Crippen molar-refractivity contribution in [3.8, 4) is 6.07 Å². The molecule has 1 rings (SSSR count). The van der Waals surface area contributed by atoms with E-state index >= 15 is 0 Å². The lowest BCUT2D eigenvalue weighted by atomic mass is 10.1. The van der Waals surface area contributed by atoms with Crippen molar-refractivity contribution in [2.75, 3.05) is 33.5 Å². The molecule has 0 aromatic heterocycles. The quantitative estimate of drug-likeness (QED) is 0.720. The first-order valence-electron chi connectivity index (χ1n) is 6.83. The molecule has 1 fully saturated rings. The van der Waals surface area contributed by atoms with Crippen molar-refractivity contribution >= 4 is 6.09 Å². The maximum absolute atomic E-state index is 12.1. The number of nitrogens with zero attached hydrogens (tertiary/aromatic N) is 2. The van der Waals surface area contributed by atoms with Gasteiger partial charge in [-0.15, -0.1) is 0 Å². The van der Waals surface area contributed by atoms with Crippen LogP contribution in [0.3, 0.4) is 0 Å². The number of hydrogen-bond acceptors (Lipinski definition) is 5. The van der Waals surface area contributed by atoms with E-state index in [0.29, 0.717) is 32.8 Å². The first-order chi connectivity index (χ1) is 9.37. The zero-order chi connectivity index (χ0) is 15.2. The highest BCUT2D eigenvalue weighted by atomic mass is 16.6. The Bertz CT molecular complexity index is 359.